The molecule has 0 saturated carbocycles. The van der Waals surface area contributed by atoms with Gasteiger partial charge in [0, 0.05) is 0 Å². The monoisotopic (exact) mass is 328 g/mol. The minimum atomic E-state index is -0.137. The molecule has 0 radical (unpaired) electrons. The van der Waals surface area contributed by atoms with Gasteiger partial charge in [-0.15, -0.1) is 11.6 Å². The van der Waals surface area contributed by atoms with Crippen molar-refractivity contribution in [3.63, 3.8) is 0 Å². The van der Waals surface area contributed by atoms with E-state index in [-0.39, 0.29) is 5.38 Å². The number of hydrogen-bond acceptors (Lipinski definition) is 1. The molecule has 0 aliphatic carbocycles. The summed E-state index contributed by atoms with van der Waals surface area (Å²) in [4.78, 5) is 0. The van der Waals surface area contributed by atoms with Crippen molar-refractivity contribution in [3.05, 3.63) is 63.1 Å². The van der Waals surface area contributed by atoms with Crippen LogP contribution in [0.4, 0.5) is 0 Å². The van der Waals surface area contributed by atoms with Gasteiger partial charge in [-0.2, -0.15) is 0 Å². The zero-order valence-corrected chi connectivity index (χ0v) is 13.6. The van der Waals surface area contributed by atoms with E-state index >= 15 is 0 Å². The summed E-state index contributed by atoms with van der Waals surface area (Å²) in [5.74, 6) is 0.849. The Balaban J connectivity index is 2.19. The number of rotatable bonds is 4. The van der Waals surface area contributed by atoms with E-state index in [4.69, 9.17) is 39.5 Å². The first-order valence-corrected chi connectivity index (χ1v) is 7.43. The van der Waals surface area contributed by atoms with E-state index in [0.717, 1.165) is 22.4 Å². The van der Waals surface area contributed by atoms with Crippen LogP contribution in [-0.2, 0) is 6.42 Å². The first-order chi connectivity index (χ1) is 9.51. The summed E-state index contributed by atoms with van der Waals surface area (Å²) < 4.78 is 5.32. The molecule has 0 heterocycles. The molecule has 2 aromatic rings. The molecule has 0 aliphatic rings. The molecule has 0 aliphatic heterocycles. The normalized spacial score (nSPS) is 12.2. The lowest BCUT2D eigenvalue weighted by molar-refractivity contribution is 0.411. The molecular formula is C16H15Cl3O. The third-order valence-corrected chi connectivity index (χ3v) is 4.34. The molecule has 0 aromatic heterocycles. The molecule has 0 N–H and O–H groups in total. The average Bonchev–Trinajstić information content (AvgIpc) is 2.43. The van der Waals surface area contributed by atoms with Crippen LogP contribution in [0.15, 0.2) is 36.4 Å². The second kappa shape index (κ2) is 6.71. The molecule has 0 saturated heterocycles. The summed E-state index contributed by atoms with van der Waals surface area (Å²) in [7, 11) is 1.66. The number of ether oxygens (including phenoxy) is 1. The van der Waals surface area contributed by atoms with E-state index in [0.29, 0.717) is 16.5 Å². The molecular weight excluding hydrogens is 315 g/mol. The lowest BCUT2D eigenvalue weighted by Gasteiger charge is -2.13. The van der Waals surface area contributed by atoms with E-state index < -0.39 is 0 Å². The number of halogens is 3. The number of methoxy groups -OCH3 is 1. The van der Waals surface area contributed by atoms with Crippen molar-refractivity contribution in [3.8, 4) is 5.75 Å². The minimum absolute atomic E-state index is 0.137. The predicted octanol–water partition coefficient (Wildman–Crippen LogP) is 5.83. The van der Waals surface area contributed by atoms with E-state index in [2.05, 4.69) is 0 Å². The van der Waals surface area contributed by atoms with Gasteiger partial charge in [0.1, 0.15) is 5.75 Å². The van der Waals surface area contributed by atoms with Crippen LogP contribution in [0.3, 0.4) is 0 Å². The van der Waals surface area contributed by atoms with Crippen LogP contribution in [0.1, 0.15) is 22.1 Å². The van der Waals surface area contributed by atoms with Crippen LogP contribution in [-0.4, -0.2) is 7.11 Å². The lowest BCUT2D eigenvalue weighted by Crippen LogP contribution is -1.98. The fraction of sp³-hybridized carbons (Fsp3) is 0.250. The van der Waals surface area contributed by atoms with Gasteiger partial charge in [-0.3, -0.25) is 0 Å². The third kappa shape index (κ3) is 3.60. The number of hydrogen-bond donors (Lipinski definition) is 0. The largest absolute Gasteiger partial charge is 0.496 e. The standard InChI is InChI=1S/C16H15Cl3O/c1-10-3-5-12(9-16(10)20-2)14(18)7-11-4-6-13(17)15(19)8-11/h3-6,8-9,14H,7H2,1-2H3. The van der Waals surface area contributed by atoms with Gasteiger partial charge in [0.2, 0.25) is 0 Å². The first-order valence-electron chi connectivity index (χ1n) is 6.24. The third-order valence-electron chi connectivity index (χ3n) is 3.19. The lowest BCUT2D eigenvalue weighted by atomic mass is 10.0. The van der Waals surface area contributed by atoms with Gasteiger partial charge in [-0.25, -0.2) is 0 Å². The summed E-state index contributed by atoms with van der Waals surface area (Å²) in [6.07, 6.45) is 0.685. The van der Waals surface area contributed by atoms with Crippen molar-refractivity contribution in [2.75, 3.05) is 7.11 Å². The molecule has 1 atom stereocenters. The van der Waals surface area contributed by atoms with Crippen LogP contribution < -0.4 is 4.74 Å². The fourth-order valence-electron chi connectivity index (χ4n) is 2.02. The molecule has 2 rings (SSSR count). The quantitative estimate of drug-likeness (QED) is 0.641. The number of alkyl halides is 1. The highest BCUT2D eigenvalue weighted by Crippen LogP contribution is 2.31. The molecule has 0 amide bonds. The van der Waals surface area contributed by atoms with Crippen molar-refractivity contribution in [2.45, 2.75) is 18.7 Å². The van der Waals surface area contributed by atoms with E-state index in [1.54, 1.807) is 13.2 Å². The Labute approximate surface area is 134 Å². The molecule has 1 unspecified atom stereocenters. The Hall–Kier alpha value is -0.890. The summed E-state index contributed by atoms with van der Waals surface area (Å²) in [6.45, 7) is 2.00. The van der Waals surface area contributed by atoms with Gasteiger partial charge in [0.25, 0.3) is 0 Å². The smallest absolute Gasteiger partial charge is 0.122 e. The molecule has 20 heavy (non-hydrogen) atoms. The number of aryl methyl sites for hydroxylation is 1. The molecule has 0 spiro atoms. The van der Waals surface area contributed by atoms with Crippen molar-refractivity contribution < 1.29 is 4.74 Å². The van der Waals surface area contributed by atoms with Crippen LogP contribution in [0.25, 0.3) is 0 Å². The van der Waals surface area contributed by atoms with Gasteiger partial charge in [-0.1, -0.05) is 41.4 Å². The fourth-order valence-corrected chi connectivity index (χ4v) is 2.66. The molecule has 2 aromatic carbocycles. The zero-order chi connectivity index (χ0) is 14.7. The summed E-state index contributed by atoms with van der Waals surface area (Å²) >= 11 is 18.4. The Morgan fingerprint density at radius 2 is 1.80 bits per heavy atom. The molecule has 106 valence electrons. The van der Waals surface area contributed by atoms with Gasteiger partial charge in [0.15, 0.2) is 0 Å². The predicted molar refractivity (Wildman–Crippen MR) is 86.5 cm³/mol. The number of benzene rings is 2. The molecule has 1 nitrogen and oxygen atoms in total. The maximum absolute atomic E-state index is 6.48. The second-order valence-electron chi connectivity index (χ2n) is 4.65. The van der Waals surface area contributed by atoms with Crippen molar-refractivity contribution in [2.24, 2.45) is 0 Å². The maximum Gasteiger partial charge on any atom is 0.122 e. The second-order valence-corrected chi connectivity index (χ2v) is 5.99. The van der Waals surface area contributed by atoms with Crippen LogP contribution >= 0.6 is 34.8 Å². The molecule has 0 bridgehead atoms. The average molecular weight is 330 g/mol. The Morgan fingerprint density at radius 1 is 1.05 bits per heavy atom. The summed E-state index contributed by atoms with van der Waals surface area (Å²) in [5.41, 5.74) is 3.17. The Morgan fingerprint density at radius 3 is 2.45 bits per heavy atom. The van der Waals surface area contributed by atoms with Gasteiger partial charge in [-0.05, 0) is 48.2 Å². The van der Waals surface area contributed by atoms with Crippen molar-refractivity contribution >= 4 is 34.8 Å². The summed E-state index contributed by atoms with van der Waals surface area (Å²) in [5, 5.41) is 0.967. The van der Waals surface area contributed by atoms with Crippen molar-refractivity contribution in [1.82, 2.24) is 0 Å². The van der Waals surface area contributed by atoms with Crippen LogP contribution in [0, 0.1) is 6.92 Å². The highest BCUT2D eigenvalue weighted by molar-refractivity contribution is 6.42. The van der Waals surface area contributed by atoms with Crippen LogP contribution in [0.5, 0.6) is 5.75 Å². The SMILES string of the molecule is COc1cc(C(Cl)Cc2ccc(Cl)c(Cl)c2)ccc1C. The highest BCUT2D eigenvalue weighted by Gasteiger charge is 2.12. The summed E-state index contributed by atoms with van der Waals surface area (Å²) in [6, 6.07) is 11.6. The van der Waals surface area contributed by atoms with Crippen molar-refractivity contribution in [1.29, 1.82) is 0 Å². The maximum atomic E-state index is 6.48. The minimum Gasteiger partial charge on any atom is -0.496 e. The first kappa shape index (κ1) is 15.5. The Kier molecular flexibility index (Phi) is 5.20. The molecule has 0 fully saturated rings. The van der Waals surface area contributed by atoms with Gasteiger partial charge in [0.05, 0.1) is 22.5 Å². The van der Waals surface area contributed by atoms with Crippen LogP contribution in [0.2, 0.25) is 10.0 Å². The van der Waals surface area contributed by atoms with E-state index in [1.807, 2.05) is 37.3 Å². The Bertz CT molecular complexity index is 611. The zero-order valence-electron chi connectivity index (χ0n) is 11.3. The molecule has 4 heteroatoms. The van der Waals surface area contributed by atoms with Gasteiger partial charge >= 0.3 is 0 Å². The highest BCUT2D eigenvalue weighted by atomic mass is 35.5. The van der Waals surface area contributed by atoms with Gasteiger partial charge < -0.3 is 4.74 Å². The van der Waals surface area contributed by atoms with E-state index in [1.165, 1.54) is 0 Å². The van der Waals surface area contributed by atoms with E-state index in [9.17, 15) is 0 Å². The topological polar surface area (TPSA) is 9.23 Å².